The molecule has 0 unspecified atom stereocenters. The van der Waals surface area contributed by atoms with Crippen molar-refractivity contribution in [2.45, 2.75) is 19.0 Å². The summed E-state index contributed by atoms with van der Waals surface area (Å²) in [5.41, 5.74) is 0.651. The molecule has 0 bridgehead atoms. The monoisotopic (exact) mass is 435 g/mol. The number of nitrogens with one attached hydrogen (secondary N) is 2. The van der Waals surface area contributed by atoms with Crippen molar-refractivity contribution >= 4 is 51.1 Å². The van der Waals surface area contributed by atoms with Gasteiger partial charge in [0.05, 0.1) is 5.75 Å². The third-order valence-electron chi connectivity index (χ3n) is 3.39. The summed E-state index contributed by atoms with van der Waals surface area (Å²) in [6.45, 7) is 5.35. The third kappa shape index (κ3) is 4.13. The summed E-state index contributed by atoms with van der Waals surface area (Å²) in [5.74, 6) is 1.78. The van der Waals surface area contributed by atoms with E-state index in [9.17, 15) is 4.79 Å². The van der Waals surface area contributed by atoms with Gasteiger partial charge >= 0.3 is 0 Å². The van der Waals surface area contributed by atoms with Crippen molar-refractivity contribution in [1.82, 2.24) is 24.6 Å². The van der Waals surface area contributed by atoms with Gasteiger partial charge in [0.15, 0.2) is 10.9 Å². The first-order valence-electron chi connectivity index (χ1n) is 8.14. The van der Waals surface area contributed by atoms with Crippen molar-refractivity contribution in [2.75, 3.05) is 29.5 Å². The van der Waals surface area contributed by atoms with Gasteiger partial charge in [-0.25, -0.2) is 4.40 Å². The number of carbonyl (C=O) groups excluding carboxylic acids is 1. The van der Waals surface area contributed by atoms with Crippen LogP contribution in [0.25, 0.3) is 5.78 Å². The van der Waals surface area contributed by atoms with E-state index in [0.717, 1.165) is 4.47 Å². The second-order valence-corrected chi connectivity index (χ2v) is 7.13. The maximum Gasteiger partial charge on any atom is 0.261 e. The van der Waals surface area contributed by atoms with Crippen molar-refractivity contribution in [1.29, 1.82) is 0 Å². The van der Waals surface area contributed by atoms with Crippen LogP contribution < -0.4 is 10.6 Å². The van der Waals surface area contributed by atoms with E-state index < -0.39 is 0 Å². The average Bonchev–Trinajstić information content (AvgIpc) is 3.03. The fraction of sp³-hybridized carbons (Fsp3) is 0.312. The first kappa shape index (κ1) is 18.6. The Bertz CT molecular complexity index is 930. The van der Waals surface area contributed by atoms with Gasteiger partial charge in [0.25, 0.3) is 5.78 Å². The summed E-state index contributed by atoms with van der Waals surface area (Å²) in [6.07, 6.45) is 0. The SMILES string of the molecule is CCNc1nc(NCC)n2c(SCC(=O)c3cccc(Br)c3)nnc2n1. The number of hydrogen-bond donors (Lipinski definition) is 2. The van der Waals surface area contributed by atoms with Crippen molar-refractivity contribution < 1.29 is 4.79 Å². The molecule has 2 N–H and O–H groups in total. The van der Waals surface area contributed by atoms with Gasteiger partial charge in [-0.3, -0.25) is 4.79 Å². The molecule has 2 aromatic heterocycles. The molecule has 26 heavy (non-hydrogen) atoms. The molecule has 2 heterocycles. The summed E-state index contributed by atoms with van der Waals surface area (Å²) in [5, 5.41) is 15.1. The van der Waals surface area contributed by atoms with Gasteiger partial charge in [0.2, 0.25) is 11.9 Å². The number of aromatic nitrogens is 5. The lowest BCUT2D eigenvalue weighted by Gasteiger charge is -2.09. The molecule has 0 fully saturated rings. The molecule has 3 aromatic rings. The van der Waals surface area contributed by atoms with E-state index in [1.807, 2.05) is 26.0 Å². The maximum absolute atomic E-state index is 12.4. The normalized spacial score (nSPS) is 10.9. The Morgan fingerprint density at radius 3 is 2.73 bits per heavy atom. The molecule has 0 radical (unpaired) electrons. The number of anilines is 2. The molecule has 0 amide bonds. The lowest BCUT2D eigenvalue weighted by Crippen LogP contribution is -2.12. The molecule has 0 saturated heterocycles. The number of thioether (sulfide) groups is 1. The molecule has 0 saturated carbocycles. The molecule has 0 aliphatic carbocycles. The number of benzene rings is 1. The van der Waals surface area contributed by atoms with E-state index in [2.05, 4.69) is 46.7 Å². The minimum Gasteiger partial charge on any atom is -0.355 e. The van der Waals surface area contributed by atoms with Crippen molar-refractivity contribution in [3.63, 3.8) is 0 Å². The van der Waals surface area contributed by atoms with Gasteiger partial charge in [-0.15, -0.1) is 10.2 Å². The van der Waals surface area contributed by atoms with Crippen LogP contribution >= 0.6 is 27.7 Å². The molecular weight excluding hydrogens is 418 g/mol. The number of hydrogen-bond acceptors (Lipinski definition) is 8. The smallest absolute Gasteiger partial charge is 0.261 e. The Morgan fingerprint density at radius 2 is 2.00 bits per heavy atom. The summed E-state index contributed by atoms with van der Waals surface area (Å²) in [7, 11) is 0. The molecule has 0 aliphatic heterocycles. The number of nitrogens with zero attached hydrogens (tertiary/aromatic N) is 5. The fourth-order valence-corrected chi connectivity index (χ4v) is 3.49. The lowest BCUT2D eigenvalue weighted by molar-refractivity contribution is 0.102. The molecule has 10 heteroatoms. The number of carbonyl (C=O) groups is 1. The Hall–Kier alpha value is -2.20. The standard InChI is InChI=1S/C16H18BrN7OS/c1-3-18-13-20-14(19-4-2)24-15(21-13)22-23-16(24)26-9-12(25)10-6-5-7-11(17)8-10/h5-8H,3-4,9H2,1-2H3,(H2,18,19,20,21,22). The van der Waals surface area contributed by atoms with E-state index in [-0.39, 0.29) is 11.5 Å². The number of rotatable bonds is 8. The second-order valence-electron chi connectivity index (χ2n) is 5.27. The Labute approximate surface area is 163 Å². The molecule has 1 aromatic carbocycles. The van der Waals surface area contributed by atoms with Gasteiger partial charge in [-0.1, -0.05) is 39.8 Å². The molecule has 136 valence electrons. The Morgan fingerprint density at radius 1 is 1.19 bits per heavy atom. The second kappa shape index (κ2) is 8.45. The van der Waals surface area contributed by atoms with E-state index in [1.54, 1.807) is 16.5 Å². The van der Waals surface area contributed by atoms with Crippen LogP contribution in [-0.4, -0.2) is 49.2 Å². The van der Waals surface area contributed by atoms with Gasteiger partial charge in [-0.2, -0.15) is 9.97 Å². The topological polar surface area (TPSA) is 97.1 Å². The maximum atomic E-state index is 12.4. The third-order valence-corrected chi connectivity index (χ3v) is 4.82. The highest BCUT2D eigenvalue weighted by Gasteiger charge is 2.16. The largest absolute Gasteiger partial charge is 0.355 e. The summed E-state index contributed by atoms with van der Waals surface area (Å²) in [4.78, 5) is 21.2. The predicted octanol–water partition coefficient (Wildman–Crippen LogP) is 3.12. The van der Waals surface area contributed by atoms with Crippen molar-refractivity contribution in [3.05, 3.63) is 34.3 Å². The molecule has 0 spiro atoms. The van der Waals surface area contributed by atoms with Crippen LogP contribution in [0.3, 0.4) is 0 Å². The molecular formula is C16H18BrN7OS. The average molecular weight is 436 g/mol. The van der Waals surface area contributed by atoms with E-state index in [0.29, 0.717) is 41.5 Å². The first-order valence-corrected chi connectivity index (χ1v) is 9.92. The molecule has 0 aliphatic rings. The van der Waals surface area contributed by atoms with Crippen LogP contribution in [0.5, 0.6) is 0 Å². The van der Waals surface area contributed by atoms with Crippen LogP contribution in [0.1, 0.15) is 24.2 Å². The number of halogens is 1. The quantitative estimate of drug-likeness (QED) is 0.411. The van der Waals surface area contributed by atoms with Gasteiger partial charge in [0.1, 0.15) is 0 Å². The Kier molecular flexibility index (Phi) is 6.04. The van der Waals surface area contributed by atoms with Crippen molar-refractivity contribution in [2.24, 2.45) is 0 Å². The van der Waals surface area contributed by atoms with E-state index in [4.69, 9.17) is 0 Å². The summed E-state index contributed by atoms with van der Waals surface area (Å²) in [6, 6.07) is 7.33. The Balaban J connectivity index is 1.84. The van der Waals surface area contributed by atoms with Crippen LogP contribution in [0.2, 0.25) is 0 Å². The van der Waals surface area contributed by atoms with E-state index in [1.165, 1.54) is 11.8 Å². The number of ketones is 1. The minimum atomic E-state index is 0.0169. The summed E-state index contributed by atoms with van der Waals surface area (Å²) < 4.78 is 2.60. The van der Waals surface area contributed by atoms with Gasteiger partial charge in [-0.05, 0) is 26.0 Å². The molecule has 8 nitrogen and oxygen atoms in total. The molecule has 0 atom stereocenters. The van der Waals surface area contributed by atoms with Crippen LogP contribution in [-0.2, 0) is 0 Å². The highest BCUT2D eigenvalue weighted by Crippen LogP contribution is 2.22. The van der Waals surface area contributed by atoms with Crippen molar-refractivity contribution in [3.8, 4) is 0 Å². The van der Waals surface area contributed by atoms with Crippen LogP contribution in [0.15, 0.2) is 33.9 Å². The van der Waals surface area contributed by atoms with E-state index >= 15 is 0 Å². The molecule has 3 rings (SSSR count). The van der Waals surface area contributed by atoms with Crippen LogP contribution in [0, 0.1) is 0 Å². The highest BCUT2D eigenvalue weighted by atomic mass is 79.9. The minimum absolute atomic E-state index is 0.0169. The van der Waals surface area contributed by atoms with Crippen LogP contribution in [0.4, 0.5) is 11.9 Å². The zero-order chi connectivity index (χ0) is 18.5. The zero-order valence-electron chi connectivity index (χ0n) is 14.4. The predicted molar refractivity (Wildman–Crippen MR) is 106 cm³/mol. The number of Topliss-reactive ketones (excluding diaryl/α,β-unsaturated/α-hetero) is 1. The summed E-state index contributed by atoms with van der Waals surface area (Å²) >= 11 is 4.69. The zero-order valence-corrected chi connectivity index (χ0v) is 16.8. The lowest BCUT2D eigenvalue weighted by atomic mass is 10.2. The first-order chi connectivity index (χ1) is 12.6. The highest BCUT2D eigenvalue weighted by molar-refractivity contribution is 9.10. The van der Waals surface area contributed by atoms with Gasteiger partial charge < -0.3 is 10.6 Å². The fourth-order valence-electron chi connectivity index (χ4n) is 2.27. The van der Waals surface area contributed by atoms with Gasteiger partial charge in [0, 0.05) is 23.1 Å². The number of fused-ring (bicyclic) bond motifs is 1.